The zero-order chi connectivity index (χ0) is 10.0. The van der Waals surface area contributed by atoms with E-state index in [0.717, 1.165) is 6.42 Å². The second kappa shape index (κ2) is 4.40. The monoisotopic (exact) mass is 188 g/mol. The van der Waals surface area contributed by atoms with E-state index in [-0.39, 0.29) is 30.3 Å². The van der Waals surface area contributed by atoms with Crippen LogP contribution >= 0.6 is 0 Å². The number of aliphatic hydroxyl groups excluding tert-OH is 1. The van der Waals surface area contributed by atoms with Crippen LogP contribution in [0.5, 0.6) is 0 Å². The first kappa shape index (κ1) is 11.0. The Balaban J connectivity index is 2.66. The molecule has 1 rings (SSSR count). The first-order valence-electron chi connectivity index (χ1n) is 4.98. The average Bonchev–Trinajstić information content (AvgIpc) is 2.15. The topological polar surface area (TPSA) is 38.7 Å². The van der Waals surface area contributed by atoms with Crippen LogP contribution in [0.25, 0.3) is 0 Å². The summed E-state index contributed by atoms with van der Waals surface area (Å²) in [6, 6.07) is 0. The molecule has 0 bridgehead atoms. The fourth-order valence-corrected chi connectivity index (χ4v) is 1.88. The molecule has 1 aliphatic heterocycles. The normalized spacial score (nSPS) is 46.4. The van der Waals surface area contributed by atoms with Gasteiger partial charge >= 0.3 is 0 Å². The first-order chi connectivity index (χ1) is 6.11. The highest BCUT2D eigenvalue weighted by atomic mass is 16.7. The molecule has 1 fully saturated rings. The van der Waals surface area contributed by atoms with Gasteiger partial charge in [0.15, 0.2) is 6.29 Å². The Hall–Kier alpha value is -0.120. The summed E-state index contributed by atoms with van der Waals surface area (Å²) in [6.07, 6.45) is 0.240. The lowest BCUT2D eigenvalue weighted by Gasteiger charge is -2.41. The molecule has 1 N–H and O–H groups in total. The molecule has 0 radical (unpaired) electrons. The molecular weight excluding hydrogens is 168 g/mol. The van der Waals surface area contributed by atoms with Crippen LogP contribution in [0.4, 0.5) is 0 Å². The number of rotatable bonds is 2. The zero-order valence-corrected chi connectivity index (χ0v) is 8.86. The number of hydrogen-bond acceptors (Lipinski definition) is 3. The van der Waals surface area contributed by atoms with Gasteiger partial charge in [-0.05, 0) is 12.3 Å². The Morgan fingerprint density at radius 3 is 2.38 bits per heavy atom. The van der Waals surface area contributed by atoms with E-state index in [4.69, 9.17) is 9.47 Å². The third-order valence-electron chi connectivity index (χ3n) is 3.12. The number of methoxy groups -OCH3 is 1. The molecule has 0 spiro atoms. The third-order valence-corrected chi connectivity index (χ3v) is 3.12. The van der Waals surface area contributed by atoms with Crippen molar-refractivity contribution in [2.75, 3.05) is 7.11 Å². The summed E-state index contributed by atoms with van der Waals surface area (Å²) in [7, 11) is 1.65. The molecule has 78 valence electrons. The van der Waals surface area contributed by atoms with Crippen molar-refractivity contribution in [2.45, 2.75) is 45.7 Å². The predicted molar refractivity (Wildman–Crippen MR) is 50.3 cm³/mol. The maximum Gasteiger partial charge on any atom is 0.160 e. The van der Waals surface area contributed by atoms with Gasteiger partial charge in [0.1, 0.15) is 0 Å². The van der Waals surface area contributed by atoms with E-state index >= 15 is 0 Å². The molecule has 3 heteroatoms. The van der Waals surface area contributed by atoms with Crippen molar-refractivity contribution in [3.05, 3.63) is 0 Å². The van der Waals surface area contributed by atoms with E-state index in [0.29, 0.717) is 0 Å². The van der Waals surface area contributed by atoms with E-state index in [1.54, 1.807) is 7.11 Å². The van der Waals surface area contributed by atoms with Gasteiger partial charge in [-0.2, -0.15) is 0 Å². The lowest BCUT2D eigenvalue weighted by atomic mass is 9.84. The first-order valence-corrected chi connectivity index (χ1v) is 4.98. The Morgan fingerprint density at radius 2 is 1.92 bits per heavy atom. The molecule has 5 atom stereocenters. The third kappa shape index (κ3) is 2.03. The number of ether oxygens (including phenoxy) is 2. The van der Waals surface area contributed by atoms with Crippen LogP contribution in [0.1, 0.15) is 27.2 Å². The molecule has 1 aliphatic rings. The van der Waals surface area contributed by atoms with Crippen molar-refractivity contribution >= 4 is 0 Å². The van der Waals surface area contributed by atoms with Gasteiger partial charge in [-0.1, -0.05) is 20.8 Å². The van der Waals surface area contributed by atoms with Crippen LogP contribution in [0.2, 0.25) is 0 Å². The summed E-state index contributed by atoms with van der Waals surface area (Å²) < 4.78 is 10.8. The Kier molecular flexibility index (Phi) is 3.71. The van der Waals surface area contributed by atoms with Crippen molar-refractivity contribution in [3.63, 3.8) is 0 Å². The Bertz CT molecular complexity index is 140. The molecule has 1 unspecified atom stereocenters. The maximum atomic E-state index is 9.84. The van der Waals surface area contributed by atoms with Gasteiger partial charge in [0, 0.05) is 13.0 Å². The molecule has 1 saturated heterocycles. The Morgan fingerprint density at radius 1 is 1.31 bits per heavy atom. The van der Waals surface area contributed by atoms with Crippen LogP contribution in [-0.2, 0) is 9.47 Å². The van der Waals surface area contributed by atoms with E-state index < -0.39 is 0 Å². The molecule has 0 saturated carbocycles. The van der Waals surface area contributed by atoms with Crippen molar-refractivity contribution in [3.8, 4) is 0 Å². The van der Waals surface area contributed by atoms with Gasteiger partial charge in [0.25, 0.3) is 0 Å². The van der Waals surface area contributed by atoms with E-state index in [1.165, 1.54) is 0 Å². The number of hydrogen-bond donors (Lipinski definition) is 1. The lowest BCUT2D eigenvalue weighted by molar-refractivity contribution is -0.254. The van der Waals surface area contributed by atoms with Crippen molar-refractivity contribution in [2.24, 2.45) is 11.8 Å². The summed E-state index contributed by atoms with van der Waals surface area (Å²) in [5.41, 5.74) is 0. The average molecular weight is 188 g/mol. The number of aliphatic hydroxyl groups is 1. The smallest absolute Gasteiger partial charge is 0.160 e. The van der Waals surface area contributed by atoms with Crippen LogP contribution in [0, 0.1) is 11.8 Å². The Labute approximate surface area is 80.0 Å². The lowest BCUT2D eigenvalue weighted by Crippen LogP contribution is -2.49. The van der Waals surface area contributed by atoms with Gasteiger partial charge in [0.2, 0.25) is 0 Å². The van der Waals surface area contributed by atoms with Crippen LogP contribution in [-0.4, -0.2) is 30.7 Å². The van der Waals surface area contributed by atoms with Crippen LogP contribution < -0.4 is 0 Å². The van der Waals surface area contributed by atoms with E-state index in [1.807, 2.05) is 20.8 Å². The van der Waals surface area contributed by atoms with Gasteiger partial charge < -0.3 is 14.6 Å². The highest BCUT2D eigenvalue weighted by molar-refractivity contribution is 4.83. The fraction of sp³-hybridized carbons (Fsp3) is 1.00. The van der Waals surface area contributed by atoms with Gasteiger partial charge in [-0.15, -0.1) is 0 Å². The molecule has 0 aromatic heterocycles. The second-order valence-electron chi connectivity index (χ2n) is 3.90. The molecule has 3 nitrogen and oxygen atoms in total. The molecular formula is C10H20O3. The van der Waals surface area contributed by atoms with Crippen molar-refractivity contribution in [1.29, 1.82) is 0 Å². The molecule has 0 amide bonds. The summed E-state index contributed by atoms with van der Waals surface area (Å²) in [4.78, 5) is 0. The maximum absolute atomic E-state index is 9.84. The van der Waals surface area contributed by atoms with Crippen LogP contribution in [0.3, 0.4) is 0 Å². The van der Waals surface area contributed by atoms with Gasteiger partial charge in [0.05, 0.1) is 12.2 Å². The van der Waals surface area contributed by atoms with Gasteiger partial charge in [-0.3, -0.25) is 0 Å². The van der Waals surface area contributed by atoms with E-state index in [9.17, 15) is 5.11 Å². The highest BCUT2D eigenvalue weighted by Gasteiger charge is 2.39. The zero-order valence-electron chi connectivity index (χ0n) is 8.86. The second-order valence-corrected chi connectivity index (χ2v) is 3.90. The minimum absolute atomic E-state index is 0.0730. The summed E-state index contributed by atoms with van der Waals surface area (Å²) in [5.74, 6) is 0.492. The molecule has 0 aromatic rings. The minimum atomic E-state index is -0.355. The highest BCUT2D eigenvalue weighted by Crippen LogP contribution is 2.31. The standard InChI is InChI=1S/C10H20O3/c1-5-8-9(11)6(2)7(3)10(12-4)13-8/h6-11H,5H2,1-4H3/t6-,7-,8-,9-,10?/m1/s1. The summed E-state index contributed by atoms with van der Waals surface area (Å²) in [6.45, 7) is 6.11. The molecule has 0 aromatic carbocycles. The summed E-state index contributed by atoms with van der Waals surface area (Å²) >= 11 is 0. The van der Waals surface area contributed by atoms with E-state index in [2.05, 4.69) is 0 Å². The minimum Gasteiger partial charge on any atom is -0.390 e. The van der Waals surface area contributed by atoms with Crippen LogP contribution in [0.15, 0.2) is 0 Å². The quantitative estimate of drug-likeness (QED) is 0.712. The predicted octanol–water partition coefficient (Wildman–Crippen LogP) is 1.40. The molecule has 1 heterocycles. The summed E-state index contributed by atoms with van der Waals surface area (Å²) in [5, 5.41) is 9.84. The van der Waals surface area contributed by atoms with Gasteiger partial charge in [-0.25, -0.2) is 0 Å². The largest absolute Gasteiger partial charge is 0.390 e. The van der Waals surface area contributed by atoms with Crippen molar-refractivity contribution < 1.29 is 14.6 Å². The fourth-order valence-electron chi connectivity index (χ4n) is 1.88. The molecule has 0 aliphatic carbocycles. The SMILES string of the molecule is CC[C@H]1OC(OC)[C@H](C)[C@@H](C)[C@H]1O. The van der Waals surface area contributed by atoms with Crippen molar-refractivity contribution in [1.82, 2.24) is 0 Å². The molecule has 13 heavy (non-hydrogen) atoms.